The molecular weight excluding hydrogens is 338 g/mol. The molecule has 0 spiro atoms. The molecule has 6 heteroatoms. The Kier molecular flexibility index (Phi) is 4.03. The van der Waals surface area contributed by atoms with E-state index >= 15 is 0 Å². The lowest BCUT2D eigenvalue weighted by atomic mass is 10.3. The monoisotopic (exact) mass is 351 g/mol. The highest BCUT2D eigenvalue weighted by molar-refractivity contribution is 9.10. The van der Waals surface area contributed by atoms with Crippen molar-refractivity contribution >= 4 is 39.0 Å². The van der Waals surface area contributed by atoms with Gasteiger partial charge in [0.15, 0.2) is 0 Å². The predicted molar refractivity (Wildman–Crippen MR) is 84.4 cm³/mol. The van der Waals surface area contributed by atoms with E-state index in [2.05, 4.69) is 25.8 Å². The van der Waals surface area contributed by atoms with Gasteiger partial charge < -0.3 is 9.80 Å². The standard InChI is InChI=1S/C14H14BrN3OS/c15-11-9-12(20-10-11)14(19)18-7-5-17(6-8-18)13-3-1-2-4-16-13/h1-4,9-10H,5-8H2. The average Bonchev–Trinajstić information content (AvgIpc) is 2.94. The topological polar surface area (TPSA) is 36.4 Å². The molecule has 0 radical (unpaired) electrons. The number of anilines is 1. The van der Waals surface area contributed by atoms with Crippen LogP contribution in [0, 0.1) is 0 Å². The van der Waals surface area contributed by atoms with E-state index in [9.17, 15) is 4.79 Å². The Balaban J connectivity index is 1.63. The van der Waals surface area contributed by atoms with E-state index in [1.807, 2.05) is 34.5 Å². The summed E-state index contributed by atoms with van der Waals surface area (Å²) in [5.41, 5.74) is 0. The zero-order chi connectivity index (χ0) is 13.9. The number of carbonyl (C=O) groups is 1. The summed E-state index contributed by atoms with van der Waals surface area (Å²) < 4.78 is 0.970. The van der Waals surface area contributed by atoms with Crippen LogP contribution in [0.4, 0.5) is 5.82 Å². The van der Waals surface area contributed by atoms with E-state index in [4.69, 9.17) is 0 Å². The number of halogens is 1. The van der Waals surface area contributed by atoms with E-state index in [0.29, 0.717) is 0 Å². The molecule has 0 aromatic carbocycles. The molecule has 20 heavy (non-hydrogen) atoms. The van der Waals surface area contributed by atoms with Crippen LogP contribution < -0.4 is 4.90 Å². The van der Waals surface area contributed by atoms with Crippen molar-refractivity contribution in [2.24, 2.45) is 0 Å². The lowest BCUT2D eigenvalue weighted by Crippen LogP contribution is -2.48. The second-order valence-corrected chi connectivity index (χ2v) is 6.42. The summed E-state index contributed by atoms with van der Waals surface area (Å²) in [5.74, 6) is 1.11. The molecule has 2 aromatic rings. The van der Waals surface area contributed by atoms with Crippen molar-refractivity contribution < 1.29 is 4.79 Å². The van der Waals surface area contributed by atoms with Crippen molar-refractivity contribution in [2.45, 2.75) is 0 Å². The fourth-order valence-electron chi connectivity index (χ4n) is 2.26. The maximum Gasteiger partial charge on any atom is 0.264 e. The Hall–Kier alpha value is -1.40. The maximum atomic E-state index is 12.3. The number of carbonyl (C=O) groups excluding carboxylic acids is 1. The molecule has 3 rings (SSSR count). The number of thiophene rings is 1. The molecule has 1 aliphatic heterocycles. The second-order valence-electron chi connectivity index (χ2n) is 4.60. The van der Waals surface area contributed by atoms with Crippen LogP contribution >= 0.6 is 27.3 Å². The minimum absolute atomic E-state index is 0.126. The maximum absolute atomic E-state index is 12.3. The Morgan fingerprint density at radius 1 is 1.25 bits per heavy atom. The highest BCUT2D eigenvalue weighted by atomic mass is 79.9. The summed E-state index contributed by atoms with van der Waals surface area (Å²) in [6.07, 6.45) is 1.80. The summed E-state index contributed by atoms with van der Waals surface area (Å²) >= 11 is 4.87. The molecule has 0 N–H and O–H groups in total. The van der Waals surface area contributed by atoms with E-state index in [1.54, 1.807) is 6.20 Å². The largest absolute Gasteiger partial charge is 0.353 e. The number of hydrogen-bond acceptors (Lipinski definition) is 4. The van der Waals surface area contributed by atoms with Gasteiger partial charge in [0, 0.05) is 42.2 Å². The zero-order valence-electron chi connectivity index (χ0n) is 10.8. The van der Waals surface area contributed by atoms with Gasteiger partial charge in [-0.05, 0) is 34.1 Å². The first-order chi connectivity index (χ1) is 9.74. The fraction of sp³-hybridized carbons (Fsp3) is 0.286. The van der Waals surface area contributed by atoms with Crippen molar-refractivity contribution in [2.75, 3.05) is 31.1 Å². The van der Waals surface area contributed by atoms with Crippen molar-refractivity contribution in [3.63, 3.8) is 0 Å². The van der Waals surface area contributed by atoms with Gasteiger partial charge in [-0.25, -0.2) is 4.98 Å². The van der Waals surface area contributed by atoms with Crippen molar-refractivity contribution in [3.05, 3.63) is 45.2 Å². The first-order valence-electron chi connectivity index (χ1n) is 6.43. The van der Waals surface area contributed by atoms with Gasteiger partial charge in [-0.3, -0.25) is 4.79 Å². The zero-order valence-corrected chi connectivity index (χ0v) is 13.2. The second kappa shape index (κ2) is 5.93. The third-order valence-corrected chi connectivity index (χ3v) is 5.00. The molecule has 3 heterocycles. The molecular formula is C14H14BrN3OS. The van der Waals surface area contributed by atoms with Gasteiger partial charge in [-0.15, -0.1) is 11.3 Å². The van der Waals surface area contributed by atoms with Gasteiger partial charge in [0.2, 0.25) is 0 Å². The average molecular weight is 352 g/mol. The smallest absolute Gasteiger partial charge is 0.264 e. The van der Waals surface area contributed by atoms with Crippen LogP contribution in [-0.4, -0.2) is 42.0 Å². The predicted octanol–water partition coefficient (Wildman–Crippen LogP) is 2.87. The molecule has 1 saturated heterocycles. The molecule has 0 atom stereocenters. The number of rotatable bonds is 2. The SMILES string of the molecule is O=C(c1cc(Br)cs1)N1CCN(c2ccccn2)CC1. The van der Waals surface area contributed by atoms with Crippen molar-refractivity contribution in [1.82, 2.24) is 9.88 Å². The molecule has 1 aliphatic rings. The molecule has 4 nitrogen and oxygen atoms in total. The number of amides is 1. The van der Waals surface area contributed by atoms with Crippen LogP contribution in [-0.2, 0) is 0 Å². The summed E-state index contributed by atoms with van der Waals surface area (Å²) in [5, 5.41) is 1.94. The molecule has 1 fully saturated rings. The van der Waals surface area contributed by atoms with Crippen LogP contribution in [0.3, 0.4) is 0 Å². The molecule has 0 saturated carbocycles. The van der Waals surface area contributed by atoms with E-state index in [-0.39, 0.29) is 5.91 Å². The number of hydrogen-bond donors (Lipinski definition) is 0. The quantitative estimate of drug-likeness (QED) is 0.834. The fourth-order valence-corrected chi connectivity index (χ4v) is 3.65. The number of pyridine rings is 1. The van der Waals surface area contributed by atoms with Crippen LogP contribution in [0.1, 0.15) is 9.67 Å². The van der Waals surface area contributed by atoms with Gasteiger partial charge in [0.25, 0.3) is 5.91 Å². The Morgan fingerprint density at radius 2 is 2.05 bits per heavy atom. The Morgan fingerprint density at radius 3 is 2.65 bits per heavy atom. The van der Waals surface area contributed by atoms with Gasteiger partial charge >= 0.3 is 0 Å². The molecule has 104 valence electrons. The van der Waals surface area contributed by atoms with E-state index in [1.165, 1.54) is 11.3 Å². The Bertz CT molecular complexity index is 593. The van der Waals surface area contributed by atoms with Crippen LogP contribution in [0.5, 0.6) is 0 Å². The molecule has 1 amide bonds. The third kappa shape index (κ3) is 2.86. The first-order valence-corrected chi connectivity index (χ1v) is 8.10. The van der Waals surface area contributed by atoms with Crippen LogP contribution in [0.25, 0.3) is 0 Å². The first kappa shape index (κ1) is 13.6. The lowest BCUT2D eigenvalue weighted by Gasteiger charge is -2.35. The summed E-state index contributed by atoms with van der Waals surface area (Å²) in [7, 11) is 0. The van der Waals surface area contributed by atoms with Crippen LogP contribution in [0.15, 0.2) is 40.3 Å². The highest BCUT2D eigenvalue weighted by Crippen LogP contribution is 2.22. The molecule has 0 bridgehead atoms. The third-order valence-electron chi connectivity index (χ3n) is 3.32. The summed E-state index contributed by atoms with van der Waals surface area (Å²) in [4.78, 5) is 21.6. The molecule has 0 unspecified atom stereocenters. The highest BCUT2D eigenvalue weighted by Gasteiger charge is 2.23. The summed E-state index contributed by atoms with van der Waals surface area (Å²) in [6.45, 7) is 3.14. The van der Waals surface area contributed by atoms with Gasteiger partial charge in [0.05, 0.1) is 4.88 Å². The number of nitrogens with zero attached hydrogens (tertiary/aromatic N) is 3. The van der Waals surface area contributed by atoms with Gasteiger partial charge in [-0.1, -0.05) is 6.07 Å². The normalized spacial score (nSPS) is 15.4. The number of aromatic nitrogens is 1. The van der Waals surface area contributed by atoms with E-state index in [0.717, 1.165) is 41.3 Å². The van der Waals surface area contributed by atoms with Crippen molar-refractivity contribution in [3.8, 4) is 0 Å². The van der Waals surface area contributed by atoms with Gasteiger partial charge in [-0.2, -0.15) is 0 Å². The number of piperazine rings is 1. The molecule has 0 aliphatic carbocycles. The minimum atomic E-state index is 0.126. The van der Waals surface area contributed by atoms with Crippen LogP contribution in [0.2, 0.25) is 0 Å². The minimum Gasteiger partial charge on any atom is -0.353 e. The molecule has 2 aromatic heterocycles. The van der Waals surface area contributed by atoms with Crippen molar-refractivity contribution in [1.29, 1.82) is 0 Å². The Labute approximate surface area is 130 Å². The lowest BCUT2D eigenvalue weighted by molar-refractivity contribution is 0.0751. The van der Waals surface area contributed by atoms with Gasteiger partial charge in [0.1, 0.15) is 5.82 Å². The summed E-state index contributed by atoms with van der Waals surface area (Å²) in [6, 6.07) is 7.80. The van der Waals surface area contributed by atoms with E-state index < -0.39 is 0 Å².